The van der Waals surface area contributed by atoms with E-state index in [0.717, 1.165) is 0 Å². The van der Waals surface area contributed by atoms with Crippen molar-refractivity contribution in [2.45, 2.75) is 28.0 Å². The third-order valence-corrected chi connectivity index (χ3v) is 26.7. The fraction of sp³-hybridized carbons (Fsp3) is 0.290. The third kappa shape index (κ3) is 5.90. The number of benzene rings is 2. The predicted molar refractivity (Wildman–Crippen MR) is 236 cm³/mol. The van der Waals surface area contributed by atoms with Crippen molar-refractivity contribution in [1.29, 1.82) is 0 Å². The van der Waals surface area contributed by atoms with Crippen LogP contribution in [-0.4, -0.2) is 37.5 Å². The van der Waals surface area contributed by atoms with Gasteiger partial charge in [-0.25, -0.2) is 0 Å². The standard InChI is InChI=1S/C31H26S14/c1-32-24-25(33-2)41-22(40-24)20-14-10-16-17(39-30(38-16)31-44-28(36-5)29(37-6)45-31)11-15(14)21(19-13-8-7-12(9-13)18(19)20)23-42-26(34-3)27(35-4)43-23/h7-8,10-13H,9H2,1-6H3. The first-order valence-corrected chi connectivity index (χ1v) is 27.6. The Balaban J connectivity index is 1.39. The van der Waals surface area contributed by atoms with Crippen molar-refractivity contribution in [3.63, 3.8) is 0 Å². The summed E-state index contributed by atoms with van der Waals surface area (Å²) in [5.74, 6) is 1.02. The molecule has 2 aromatic rings. The Morgan fingerprint density at radius 1 is 0.444 bits per heavy atom. The van der Waals surface area contributed by atoms with Crippen LogP contribution < -0.4 is 10.4 Å². The van der Waals surface area contributed by atoms with Gasteiger partial charge in [-0.1, -0.05) is 106 Å². The summed E-state index contributed by atoms with van der Waals surface area (Å²) in [6.45, 7) is 0. The summed E-state index contributed by atoms with van der Waals surface area (Å²) in [6.07, 6.45) is 19.6. The van der Waals surface area contributed by atoms with E-state index >= 15 is 0 Å². The smallest absolute Gasteiger partial charge is 0.0717 e. The van der Waals surface area contributed by atoms with Gasteiger partial charge >= 0.3 is 0 Å². The maximum absolute atomic E-state index is 2.58. The normalized spacial score (nSPS) is 23.9. The van der Waals surface area contributed by atoms with Gasteiger partial charge in [0, 0.05) is 32.1 Å². The highest BCUT2D eigenvalue weighted by atomic mass is 32.3. The fourth-order valence-electron chi connectivity index (χ4n) is 6.19. The number of rotatable bonds is 6. The molecule has 0 saturated heterocycles. The lowest BCUT2D eigenvalue weighted by atomic mass is 9.89. The molecule has 14 heteroatoms. The van der Waals surface area contributed by atoms with E-state index in [1.54, 1.807) is 11.1 Å². The van der Waals surface area contributed by atoms with Crippen molar-refractivity contribution in [3.8, 4) is 0 Å². The van der Waals surface area contributed by atoms with Crippen LogP contribution in [0.1, 0.15) is 29.4 Å². The molecule has 0 saturated carbocycles. The zero-order valence-corrected chi connectivity index (χ0v) is 36.3. The summed E-state index contributed by atoms with van der Waals surface area (Å²) in [6, 6.07) is 5.17. The monoisotopic (exact) mass is 846 g/mol. The van der Waals surface area contributed by atoms with Crippen molar-refractivity contribution in [1.82, 2.24) is 0 Å². The third-order valence-electron chi connectivity index (χ3n) is 7.98. The summed E-state index contributed by atoms with van der Waals surface area (Å²) < 4.78 is 14.6. The molecule has 0 spiro atoms. The molecule has 0 amide bonds. The Labute approximate surface area is 325 Å². The van der Waals surface area contributed by atoms with Crippen LogP contribution in [0.3, 0.4) is 0 Å². The maximum atomic E-state index is 2.58. The van der Waals surface area contributed by atoms with Gasteiger partial charge in [0.15, 0.2) is 0 Å². The summed E-state index contributed by atoms with van der Waals surface area (Å²) in [7, 11) is 0. The number of thioether (sulfide) groups is 14. The van der Waals surface area contributed by atoms with Gasteiger partial charge < -0.3 is 0 Å². The molecule has 4 heterocycles. The topological polar surface area (TPSA) is 0 Å². The second kappa shape index (κ2) is 14.2. The van der Waals surface area contributed by atoms with Crippen molar-refractivity contribution in [2.24, 2.45) is 0 Å². The summed E-state index contributed by atoms with van der Waals surface area (Å²) in [4.78, 5) is 2.85. The number of fused-ring (bicyclic) bond motifs is 7. The second-order valence-electron chi connectivity index (χ2n) is 10.2. The van der Waals surface area contributed by atoms with Crippen molar-refractivity contribution >= 4 is 184 Å². The van der Waals surface area contributed by atoms with E-state index in [1.807, 2.05) is 165 Å². The predicted octanol–water partition coefficient (Wildman–Crippen LogP) is 13.4. The average molecular weight is 847 g/mol. The summed E-state index contributed by atoms with van der Waals surface area (Å²) in [5, 5.41) is 5.96. The highest BCUT2D eigenvalue weighted by Gasteiger charge is 2.39. The second-order valence-corrected chi connectivity index (χ2v) is 25.9. The van der Waals surface area contributed by atoms with Gasteiger partial charge in [0.1, 0.15) is 0 Å². The quantitative estimate of drug-likeness (QED) is 0.253. The van der Waals surface area contributed by atoms with Gasteiger partial charge in [-0.2, -0.15) is 0 Å². The van der Waals surface area contributed by atoms with Gasteiger partial charge in [-0.15, -0.1) is 70.6 Å². The molecule has 2 aromatic carbocycles. The number of hydrogen-bond donors (Lipinski definition) is 0. The Morgan fingerprint density at radius 3 is 1.09 bits per heavy atom. The SMILES string of the molecule is CSC1=C(SC)SC(=C2Sc3cc4c(=C5SC(SC)=C(SC)S5)c5c(c(=C6SC(SC)=C(SC)S6)c4cc3S2)C2C=CC5C2)S1. The van der Waals surface area contributed by atoms with E-state index in [-0.39, 0.29) is 0 Å². The van der Waals surface area contributed by atoms with Crippen LogP contribution in [0.5, 0.6) is 0 Å². The number of allylic oxidation sites excluding steroid dienone is 2. The van der Waals surface area contributed by atoms with E-state index in [4.69, 9.17) is 0 Å². The highest BCUT2D eigenvalue weighted by Crippen LogP contribution is 2.65. The Hall–Kier alpha value is 2.04. The molecule has 0 radical (unpaired) electrons. The Kier molecular flexibility index (Phi) is 10.8. The van der Waals surface area contributed by atoms with Crippen LogP contribution in [0.4, 0.5) is 0 Å². The molecule has 0 aromatic heterocycles. The molecule has 8 rings (SSSR count). The molecule has 0 fully saturated rings. The fourth-order valence-corrected chi connectivity index (χ4v) is 24.3. The molecule has 234 valence electrons. The first-order chi connectivity index (χ1) is 22.0. The van der Waals surface area contributed by atoms with Crippen LogP contribution in [0.2, 0.25) is 0 Å². The van der Waals surface area contributed by atoms with E-state index < -0.39 is 0 Å². The molecule has 4 aliphatic heterocycles. The van der Waals surface area contributed by atoms with Crippen LogP contribution >= 0.6 is 165 Å². The zero-order valence-electron chi connectivity index (χ0n) is 24.9. The van der Waals surface area contributed by atoms with Crippen LogP contribution in [0.15, 0.2) is 68.0 Å². The van der Waals surface area contributed by atoms with Gasteiger partial charge in [0.05, 0.1) is 42.4 Å². The van der Waals surface area contributed by atoms with Crippen molar-refractivity contribution in [3.05, 3.63) is 79.7 Å². The minimum atomic E-state index is 0.512. The van der Waals surface area contributed by atoms with E-state index in [2.05, 4.69) is 61.8 Å². The minimum Gasteiger partial charge on any atom is -0.121 e. The molecule has 0 N–H and O–H groups in total. The summed E-state index contributed by atoms with van der Waals surface area (Å²) >= 11 is 27.4. The van der Waals surface area contributed by atoms with E-state index in [1.165, 1.54) is 79.8 Å². The van der Waals surface area contributed by atoms with Gasteiger partial charge in [0.25, 0.3) is 0 Å². The molecule has 0 nitrogen and oxygen atoms in total. The summed E-state index contributed by atoms with van der Waals surface area (Å²) in [5.41, 5.74) is 3.24. The molecule has 45 heavy (non-hydrogen) atoms. The average Bonchev–Trinajstić information content (AvgIpc) is 3.91. The van der Waals surface area contributed by atoms with E-state index in [0.29, 0.717) is 11.8 Å². The van der Waals surface area contributed by atoms with Crippen LogP contribution in [0.25, 0.3) is 19.2 Å². The maximum Gasteiger partial charge on any atom is 0.0717 e. The lowest BCUT2D eigenvalue weighted by Crippen LogP contribution is -2.25. The minimum absolute atomic E-state index is 0.512. The molecule has 2 bridgehead atoms. The van der Waals surface area contributed by atoms with E-state index in [9.17, 15) is 0 Å². The van der Waals surface area contributed by atoms with Gasteiger partial charge in [0.2, 0.25) is 0 Å². The molecule has 2 unspecified atom stereocenters. The van der Waals surface area contributed by atoms with Crippen LogP contribution in [-0.2, 0) is 0 Å². The van der Waals surface area contributed by atoms with Crippen LogP contribution in [0, 0.1) is 0 Å². The molecule has 2 atom stereocenters. The zero-order chi connectivity index (χ0) is 31.0. The lowest BCUT2D eigenvalue weighted by molar-refractivity contribution is 0.802. The molecule has 6 aliphatic rings. The Morgan fingerprint density at radius 2 is 0.756 bits per heavy atom. The van der Waals surface area contributed by atoms with Gasteiger partial charge in [-0.3, -0.25) is 0 Å². The highest BCUT2D eigenvalue weighted by molar-refractivity contribution is 8.46. The van der Waals surface area contributed by atoms with Crippen molar-refractivity contribution in [2.75, 3.05) is 37.5 Å². The molecular formula is C31H26S14. The lowest BCUT2D eigenvalue weighted by Gasteiger charge is -2.19. The van der Waals surface area contributed by atoms with Gasteiger partial charge in [-0.05, 0) is 78.0 Å². The molecular weight excluding hydrogens is 821 g/mol. The Bertz CT molecular complexity index is 1790. The molecule has 2 aliphatic carbocycles. The van der Waals surface area contributed by atoms with Crippen molar-refractivity contribution < 1.29 is 0 Å². The largest absolute Gasteiger partial charge is 0.121 e. The first kappa shape index (κ1) is 34.1. The number of hydrogen-bond acceptors (Lipinski definition) is 14. The first-order valence-electron chi connectivity index (χ1n) is 13.7.